The number of hydrogen-bond acceptors (Lipinski definition) is 6. The van der Waals surface area contributed by atoms with E-state index < -0.39 is 5.97 Å². The molecule has 8 heteroatoms. The molecule has 15 heavy (non-hydrogen) atoms. The Bertz CT molecular complexity index is 325. The van der Waals surface area contributed by atoms with Crippen LogP contribution in [0.5, 0.6) is 0 Å². The molecule has 1 rings (SSSR count). The topological polar surface area (TPSA) is 120 Å². The Morgan fingerprint density at radius 3 is 3.00 bits per heavy atom. The van der Waals surface area contributed by atoms with E-state index in [0.717, 1.165) is 13.0 Å². The van der Waals surface area contributed by atoms with Gasteiger partial charge in [-0.3, -0.25) is 5.01 Å². The van der Waals surface area contributed by atoms with Crippen LogP contribution in [-0.4, -0.2) is 46.6 Å². The number of hydrazine groups is 1. The zero-order valence-electron chi connectivity index (χ0n) is 8.40. The highest BCUT2D eigenvalue weighted by atomic mass is 16.4. The zero-order valence-corrected chi connectivity index (χ0v) is 8.40. The lowest BCUT2D eigenvalue weighted by Crippen LogP contribution is -2.34. The molecule has 1 aromatic heterocycles. The minimum Gasteiger partial charge on any atom is -0.476 e. The maximum Gasteiger partial charge on any atom is 0.360 e. The molecular weight excluding hydrogens is 200 g/mol. The van der Waals surface area contributed by atoms with Crippen LogP contribution in [0.2, 0.25) is 0 Å². The fraction of sp³-hybridized carbons (Fsp3) is 0.571. The van der Waals surface area contributed by atoms with Gasteiger partial charge in [0.1, 0.15) is 0 Å². The average Bonchev–Trinajstić information content (AvgIpc) is 2.66. The monoisotopic (exact) mass is 214 g/mol. The minimum atomic E-state index is -1.15. The number of nitrogens with two attached hydrogens (primary N) is 1. The van der Waals surface area contributed by atoms with Gasteiger partial charge in [-0.15, -0.1) is 10.2 Å². The second-order valence-electron chi connectivity index (χ2n) is 2.95. The Balaban J connectivity index is 2.60. The lowest BCUT2D eigenvalue weighted by Gasteiger charge is -2.15. The van der Waals surface area contributed by atoms with Crippen LogP contribution in [0.25, 0.3) is 0 Å². The molecule has 84 valence electrons. The number of carboxylic acid groups (broad SMARTS) is 1. The van der Waals surface area contributed by atoms with Crippen LogP contribution in [0.1, 0.15) is 16.9 Å². The second kappa shape index (κ2) is 5.27. The van der Waals surface area contributed by atoms with E-state index in [-0.39, 0.29) is 11.5 Å². The Morgan fingerprint density at radius 2 is 2.40 bits per heavy atom. The van der Waals surface area contributed by atoms with E-state index in [4.69, 9.17) is 10.9 Å². The molecule has 0 saturated carbocycles. The molecule has 0 fully saturated rings. The first-order chi connectivity index (χ1) is 7.16. The van der Waals surface area contributed by atoms with E-state index >= 15 is 0 Å². The zero-order chi connectivity index (χ0) is 11.3. The summed E-state index contributed by atoms with van der Waals surface area (Å²) in [6.45, 7) is 1.31. The van der Waals surface area contributed by atoms with Crippen LogP contribution in [0.3, 0.4) is 0 Å². The molecule has 0 aromatic carbocycles. The van der Waals surface area contributed by atoms with Gasteiger partial charge in [0.2, 0.25) is 5.69 Å². The summed E-state index contributed by atoms with van der Waals surface area (Å²) in [5.41, 5.74) is -0.165. The maximum absolute atomic E-state index is 10.7. The lowest BCUT2D eigenvalue weighted by atomic mass is 10.3. The fourth-order valence-electron chi connectivity index (χ4n) is 1.10. The third-order valence-electron chi connectivity index (χ3n) is 1.83. The third kappa shape index (κ3) is 2.89. The number of carboxylic acids is 1. The SMILES string of the molecule is CNCCCN(N)c1n[nH]nc1C(=O)O. The van der Waals surface area contributed by atoms with Crippen molar-refractivity contribution in [2.45, 2.75) is 6.42 Å². The summed E-state index contributed by atoms with van der Waals surface area (Å²) in [6, 6.07) is 0. The molecule has 0 aliphatic carbocycles. The smallest absolute Gasteiger partial charge is 0.360 e. The van der Waals surface area contributed by atoms with Crippen molar-refractivity contribution >= 4 is 11.8 Å². The number of aromatic carboxylic acids is 1. The van der Waals surface area contributed by atoms with Crippen molar-refractivity contribution in [3.05, 3.63) is 5.69 Å². The number of aromatic amines is 1. The van der Waals surface area contributed by atoms with Crippen molar-refractivity contribution in [3.8, 4) is 0 Å². The highest BCUT2D eigenvalue weighted by Gasteiger charge is 2.18. The van der Waals surface area contributed by atoms with Crippen molar-refractivity contribution in [1.29, 1.82) is 0 Å². The Labute approximate surface area is 86.4 Å². The van der Waals surface area contributed by atoms with Gasteiger partial charge in [0.05, 0.1) is 0 Å². The molecule has 0 aliphatic rings. The summed E-state index contributed by atoms with van der Waals surface area (Å²) >= 11 is 0. The molecular formula is C7H14N6O2. The first kappa shape index (κ1) is 11.4. The fourth-order valence-corrected chi connectivity index (χ4v) is 1.10. The van der Waals surface area contributed by atoms with Crippen LogP contribution in [0, 0.1) is 0 Å². The van der Waals surface area contributed by atoms with Gasteiger partial charge in [0, 0.05) is 6.54 Å². The van der Waals surface area contributed by atoms with Gasteiger partial charge in [-0.1, -0.05) is 0 Å². The maximum atomic E-state index is 10.7. The summed E-state index contributed by atoms with van der Waals surface area (Å²) in [5, 5.41) is 22.4. The third-order valence-corrected chi connectivity index (χ3v) is 1.83. The molecule has 1 heterocycles. The molecule has 0 atom stereocenters. The normalized spacial score (nSPS) is 10.3. The summed E-state index contributed by atoms with van der Waals surface area (Å²) in [7, 11) is 1.83. The summed E-state index contributed by atoms with van der Waals surface area (Å²) in [5.74, 6) is 4.64. The molecule has 0 saturated heterocycles. The Kier molecular flexibility index (Phi) is 4.01. The molecule has 0 radical (unpaired) electrons. The average molecular weight is 214 g/mol. The van der Waals surface area contributed by atoms with Crippen LogP contribution < -0.4 is 16.2 Å². The number of carbonyl (C=O) groups is 1. The quantitative estimate of drug-likeness (QED) is 0.266. The van der Waals surface area contributed by atoms with Crippen molar-refractivity contribution in [2.24, 2.45) is 5.84 Å². The van der Waals surface area contributed by atoms with E-state index in [1.165, 1.54) is 5.01 Å². The standard InChI is InChI=1S/C7H14N6O2/c1-9-3-2-4-13(8)6-5(7(14)15)10-12-11-6/h9H,2-4,8H2,1H3,(H,14,15)(H,10,11,12). The predicted octanol–water partition coefficient (Wildman–Crippen LogP) is -1.21. The number of nitrogens with zero attached hydrogens (tertiary/aromatic N) is 3. The minimum absolute atomic E-state index is 0.151. The van der Waals surface area contributed by atoms with Gasteiger partial charge in [-0.2, -0.15) is 5.21 Å². The number of hydrogen-bond donors (Lipinski definition) is 4. The van der Waals surface area contributed by atoms with Crippen molar-refractivity contribution in [2.75, 3.05) is 25.1 Å². The van der Waals surface area contributed by atoms with E-state index in [1.54, 1.807) is 0 Å². The van der Waals surface area contributed by atoms with Gasteiger partial charge in [-0.25, -0.2) is 10.6 Å². The van der Waals surface area contributed by atoms with Crippen LogP contribution >= 0.6 is 0 Å². The predicted molar refractivity (Wildman–Crippen MR) is 53.4 cm³/mol. The molecule has 0 bridgehead atoms. The molecule has 8 nitrogen and oxygen atoms in total. The molecule has 0 unspecified atom stereocenters. The van der Waals surface area contributed by atoms with E-state index in [2.05, 4.69) is 20.7 Å². The van der Waals surface area contributed by atoms with E-state index in [1.807, 2.05) is 7.05 Å². The first-order valence-electron chi connectivity index (χ1n) is 4.47. The Hall–Kier alpha value is -1.67. The van der Waals surface area contributed by atoms with Crippen molar-refractivity contribution < 1.29 is 9.90 Å². The van der Waals surface area contributed by atoms with Crippen LogP contribution in [0.15, 0.2) is 0 Å². The largest absolute Gasteiger partial charge is 0.476 e. The first-order valence-corrected chi connectivity index (χ1v) is 4.47. The van der Waals surface area contributed by atoms with Gasteiger partial charge in [0.15, 0.2) is 5.82 Å². The van der Waals surface area contributed by atoms with E-state index in [9.17, 15) is 4.79 Å². The Morgan fingerprint density at radius 1 is 1.67 bits per heavy atom. The number of H-pyrrole nitrogens is 1. The van der Waals surface area contributed by atoms with E-state index in [0.29, 0.717) is 6.54 Å². The van der Waals surface area contributed by atoms with Crippen LogP contribution in [0.4, 0.5) is 5.82 Å². The number of aromatic nitrogens is 3. The highest BCUT2D eigenvalue weighted by molar-refractivity contribution is 5.90. The van der Waals surface area contributed by atoms with Crippen LogP contribution in [-0.2, 0) is 0 Å². The molecule has 0 aliphatic heterocycles. The van der Waals surface area contributed by atoms with Gasteiger partial charge >= 0.3 is 5.97 Å². The van der Waals surface area contributed by atoms with Crippen molar-refractivity contribution in [3.63, 3.8) is 0 Å². The summed E-state index contributed by atoms with van der Waals surface area (Å²) in [6.07, 6.45) is 0.791. The summed E-state index contributed by atoms with van der Waals surface area (Å²) < 4.78 is 0. The van der Waals surface area contributed by atoms with Gasteiger partial charge in [0.25, 0.3) is 0 Å². The lowest BCUT2D eigenvalue weighted by molar-refractivity contribution is 0.0691. The van der Waals surface area contributed by atoms with Gasteiger partial charge in [-0.05, 0) is 20.0 Å². The van der Waals surface area contributed by atoms with Crippen molar-refractivity contribution in [1.82, 2.24) is 20.7 Å². The molecule has 0 amide bonds. The number of nitrogens with one attached hydrogen (secondary N) is 2. The number of anilines is 1. The molecule has 1 aromatic rings. The number of rotatable bonds is 6. The second-order valence-corrected chi connectivity index (χ2v) is 2.95. The molecule has 0 spiro atoms. The molecule has 5 N–H and O–H groups in total. The summed E-state index contributed by atoms with van der Waals surface area (Å²) in [4.78, 5) is 10.7. The highest BCUT2D eigenvalue weighted by Crippen LogP contribution is 2.10. The van der Waals surface area contributed by atoms with Gasteiger partial charge < -0.3 is 10.4 Å².